The highest BCUT2D eigenvalue weighted by Crippen LogP contribution is 2.17. The van der Waals surface area contributed by atoms with E-state index in [4.69, 9.17) is 0 Å². The summed E-state index contributed by atoms with van der Waals surface area (Å²) >= 11 is 0. The zero-order valence-electron chi connectivity index (χ0n) is 9.43. The molecule has 0 aliphatic heterocycles. The van der Waals surface area contributed by atoms with Crippen molar-refractivity contribution in [3.8, 4) is 0 Å². The number of allylic oxidation sites excluding steroid dienone is 1. The topological polar surface area (TPSA) is 34.1 Å². The Morgan fingerprint density at radius 3 is 2.29 bits per heavy atom. The first-order chi connectivity index (χ1) is 6.38. The van der Waals surface area contributed by atoms with Gasteiger partial charge < -0.3 is 0 Å². The normalized spacial score (nSPS) is 11.1. The van der Waals surface area contributed by atoms with Crippen LogP contribution in [0.2, 0.25) is 0 Å². The Labute approximate surface area is 86.4 Å². The molecule has 0 heterocycles. The monoisotopic (exact) mass is 196 g/mol. The van der Waals surface area contributed by atoms with Crippen LogP contribution < -0.4 is 0 Å². The number of ketones is 2. The van der Waals surface area contributed by atoms with Crippen LogP contribution in [0.15, 0.2) is 12.7 Å². The average molecular weight is 196 g/mol. The van der Waals surface area contributed by atoms with Crippen LogP contribution in [-0.2, 0) is 9.59 Å². The number of hydrogen-bond donors (Lipinski definition) is 0. The molecule has 0 spiro atoms. The molecule has 0 radical (unpaired) electrons. The zero-order valence-corrected chi connectivity index (χ0v) is 9.43. The first kappa shape index (κ1) is 13.1. The minimum atomic E-state index is -0.395. The van der Waals surface area contributed by atoms with Gasteiger partial charge in [0.25, 0.3) is 0 Å². The third-order valence-corrected chi connectivity index (χ3v) is 2.06. The fourth-order valence-corrected chi connectivity index (χ4v) is 0.976. The van der Waals surface area contributed by atoms with Gasteiger partial charge in [-0.1, -0.05) is 26.8 Å². The van der Waals surface area contributed by atoms with Crippen molar-refractivity contribution in [2.45, 2.75) is 46.5 Å². The lowest BCUT2D eigenvalue weighted by molar-refractivity contribution is -0.131. The van der Waals surface area contributed by atoms with Crippen molar-refractivity contribution in [3.63, 3.8) is 0 Å². The number of Topliss-reactive ketones (excluding diaryl/α,β-unsaturated/α-hetero) is 2. The van der Waals surface area contributed by atoms with E-state index in [1.54, 1.807) is 6.08 Å². The quantitative estimate of drug-likeness (QED) is 0.372. The summed E-state index contributed by atoms with van der Waals surface area (Å²) in [5.74, 6) is 0.0767. The van der Waals surface area contributed by atoms with Crippen molar-refractivity contribution in [1.29, 1.82) is 0 Å². The maximum Gasteiger partial charge on any atom is 0.145 e. The summed E-state index contributed by atoms with van der Waals surface area (Å²) in [5.41, 5.74) is -0.395. The highest BCUT2D eigenvalue weighted by atomic mass is 16.1. The van der Waals surface area contributed by atoms with E-state index >= 15 is 0 Å². The van der Waals surface area contributed by atoms with Crippen molar-refractivity contribution < 1.29 is 9.59 Å². The molecule has 14 heavy (non-hydrogen) atoms. The Morgan fingerprint density at radius 2 is 1.86 bits per heavy atom. The van der Waals surface area contributed by atoms with Gasteiger partial charge in [-0.05, 0) is 12.8 Å². The van der Waals surface area contributed by atoms with Crippen LogP contribution in [0.3, 0.4) is 0 Å². The molecule has 0 atom stereocenters. The fourth-order valence-electron chi connectivity index (χ4n) is 0.976. The third kappa shape index (κ3) is 5.68. The van der Waals surface area contributed by atoms with E-state index in [1.807, 2.05) is 20.8 Å². The van der Waals surface area contributed by atoms with Crippen molar-refractivity contribution in [2.24, 2.45) is 5.41 Å². The summed E-state index contributed by atoms with van der Waals surface area (Å²) < 4.78 is 0. The van der Waals surface area contributed by atoms with Crippen molar-refractivity contribution in [1.82, 2.24) is 0 Å². The maximum atomic E-state index is 11.5. The lowest BCUT2D eigenvalue weighted by atomic mass is 9.87. The van der Waals surface area contributed by atoms with Gasteiger partial charge in [0.15, 0.2) is 0 Å². The molecule has 0 fully saturated rings. The molecule has 0 aromatic heterocycles. The molecule has 2 heteroatoms. The maximum absolute atomic E-state index is 11.5. The first-order valence-electron chi connectivity index (χ1n) is 5.04. The number of hydrogen-bond acceptors (Lipinski definition) is 2. The fraction of sp³-hybridized carbons (Fsp3) is 0.667. The molecule has 0 bridgehead atoms. The van der Waals surface area contributed by atoms with Gasteiger partial charge in [-0.25, -0.2) is 0 Å². The van der Waals surface area contributed by atoms with Crippen LogP contribution in [0.25, 0.3) is 0 Å². The first-order valence-corrected chi connectivity index (χ1v) is 5.04. The van der Waals surface area contributed by atoms with Gasteiger partial charge in [-0.15, -0.1) is 6.58 Å². The average Bonchev–Trinajstić information content (AvgIpc) is 2.03. The Kier molecular flexibility index (Phi) is 5.36. The molecule has 0 N–H and O–H groups in total. The van der Waals surface area contributed by atoms with Gasteiger partial charge in [0, 0.05) is 11.8 Å². The number of carbonyl (C=O) groups excluding carboxylic acids is 2. The van der Waals surface area contributed by atoms with E-state index in [-0.39, 0.29) is 18.0 Å². The van der Waals surface area contributed by atoms with Gasteiger partial charge in [0.2, 0.25) is 0 Å². The number of rotatable bonds is 6. The molecule has 80 valence electrons. The molecule has 0 saturated heterocycles. The zero-order chi connectivity index (χ0) is 11.2. The lowest BCUT2D eigenvalue weighted by Gasteiger charge is -2.15. The van der Waals surface area contributed by atoms with Crippen LogP contribution in [0.5, 0.6) is 0 Å². The molecule has 0 aromatic carbocycles. The molecular weight excluding hydrogens is 176 g/mol. The molecule has 0 rings (SSSR count). The van der Waals surface area contributed by atoms with Gasteiger partial charge in [-0.3, -0.25) is 9.59 Å². The van der Waals surface area contributed by atoms with E-state index in [9.17, 15) is 9.59 Å². The molecule has 0 saturated carbocycles. The predicted molar refractivity (Wildman–Crippen MR) is 58.1 cm³/mol. The van der Waals surface area contributed by atoms with E-state index < -0.39 is 5.41 Å². The second kappa shape index (κ2) is 5.74. The summed E-state index contributed by atoms with van der Waals surface area (Å²) in [6.45, 7) is 9.10. The van der Waals surface area contributed by atoms with Gasteiger partial charge >= 0.3 is 0 Å². The van der Waals surface area contributed by atoms with Crippen LogP contribution in [-0.4, -0.2) is 11.6 Å². The van der Waals surface area contributed by atoms with Crippen LogP contribution in [0, 0.1) is 5.41 Å². The molecule has 0 unspecified atom stereocenters. The van der Waals surface area contributed by atoms with Gasteiger partial charge in [-0.2, -0.15) is 0 Å². The second-order valence-electron chi connectivity index (χ2n) is 4.57. The van der Waals surface area contributed by atoms with Crippen molar-refractivity contribution in [2.75, 3.05) is 0 Å². The van der Waals surface area contributed by atoms with Gasteiger partial charge in [0.1, 0.15) is 11.6 Å². The van der Waals surface area contributed by atoms with Gasteiger partial charge in [0.05, 0.1) is 6.42 Å². The van der Waals surface area contributed by atoms with Crippen molar-refractivity contribution in [3.05, 3.63) is 12.7 Å². The Hall–Kier alpha value is -0.920. The number of unbranched alkanes of at least 4 members (excludes halogenated alkanes) is 1. The molecule has 0 aromatic rings. The Bertz CT molecular complexity index is 221. The molecular formula is C12H20O2. The number of carbonyl (C=O) groups is 2. The second-order valence-corrected chi connectivity index (χ2v) is 4.57. The van der Waals surface area contributed by atoms with Crippen LogP contribution in [0.4, 0.5) is 0 Å². The summed E-state index contributed by atoms with van der Waals surface area (Å²) in [6, 6.07) is 0. The molecule has 0 aliphatic rings. The van der Waals surface area contributed by atoms with E-state index in [2.05, 4.69) is 6.58 Å². The molecule has 0 amide bonds. The van der Waals surface area contributed by atoms with Crippen LogP contribution in [0.1, 0.15) is 46.5 Å². The molecule has 2 nitrogen and oxygen atoms in total. The smallest absolute Gasteiger partial charge is 0.145 e. The van der Waals surface area contributed by atoms with E-state index in [0.717, 1.165) is 12.8 Å². The summed E-state index contributed by atoms with van der Waals surface area (Å²) in [4.78, 5) is 22.8. The summed E-state index contributed by atoms with van der Waals surface area (Å²) in [6.07, 6.45) is 4.02. The lowest BCUT2D eigenvalue weighted by Crippen LogP contribution is -2.22. The van der Waals surface area contributed by atoms with E-state index in [1.165, 1.54) is 0 Å². The highest BCUT2D eigenvalue weighted by molar-refractivity contribution is 6.01. The summed E-state index contributed by atoms with van der Waals surface area (Å²) in [5, 5.41) is 0. The largest absolute Gasteiger partial charge is 0.299 e. The van der Waals surface area contributed by atoms with Crippen LogP contribution >= 0.6 is 0 Å². The highest BCUT2D eigenvalue weighted by Gasteiger charge is 2.22. The predicted octanol–water partition coefficient (Wildman–Crippen LogP) is 2.92. The summed E-state index contributed by atoms with van der Waals surface area (Å²) in [7, 11) is 0. The SMILES string of the molecule is C=CCCCC(=O)CC(=O)C(C)(C)C. The molecule has 0 aliphatic carbocycles. The Morgan fingerprint density at radius 1 is 1.29 bits per heavy atom. The third-order valence-electron chi connectivity index (χ3n) is 2.06. The van der Waals surface area contributed by atoms with Crippen molar-refractivity contribution >= 4 is 11.6 Å². The van der Waals surface area contributed by atoms with E-state index in [0.29, 0.717) is 6.42 Å². The standard InChI is InChI=1S/C12H20O2/c1-5-6-7-8-10(13)9-11(14)12(2,3)4/h5H,1,6-9H2,2-4H3. The minimum Gasteiger partial charge on any atom is -0.299 e. The Balaban J connectivity index is 3.83. The minimum absolute atomic E-state index is 0.0288.